The molecule has 3 N–H and O–H groups in total. The van der Waals surface area contributed by atoms with Gasteiger partial charge in [0.2, 0.25) is 0 Å². The summed E-state index contributed by atoms with van der Waals surface area (Å²) in [4.78, 5) is 2.38. The first-order valence-corrected chi connectivity index (χ1v) is 6.85. The number of nitrogens with one attached hydrogen (secondary N) is 1. The van der Waals surface area contributed by atoms with Crippen LogP contribution in [-0.2, 0) is 13.5 Å². The van der Waals surface area contributed by atoms with Crippen molar-refractivity contribution in [2.24, 2.45) is 13.0 Å². The number of hydrogen-bond acceptors (Lipinski definition) is 4. The van der Waals surface area contributed by atoms with Crippen molar-refractivity contribution in [3.8, 4) is 0 Å². The minimum absolute atomic E-state index is 0.721. The van der Waals surface area contributed by atoms with Gasteiger partial charge in [0.05, 0.1) is 11.4 Å². The van der Waals surface area contributed by atoms with E-state index >= 15 is 0 Å². The molecular weight excluding hydrogens is 226 g/mol. The molecule has 1 aromatic heterocycles. The molecule has 1 aliphatic rings. The molecule has 0 amide bonds. The van der Waals surface area contributed by atoms with Crippen molar-refractivity contribution in [2.45, 2.75) is 26.2 Å². The van der Waals surface area contributed by atoms with Gasteiger partial charge in [-0.1, -0.05) is 13.3 Å². The third-order valence-electron chi connectivity index (χ3n) is 3.69. The van der Waals surface area contributed by atoms with Crippen molar-refractivity contribution in [3.63, 3.8) is 0 Å². The van der Waals surface area contributed by atoms with Gasteiger partial charge in [0.15, 0.2) is 0 Å². The SMILES string of the molecule is CCCc1nn(C)c(NCC2CCN(C)C2)c1N. The first kappa shape index (κ1) is 13.2. The van der Waals surface area contributed by atoms with E-state index in [1.165, 1.54) is 19.5 Å². The number of likely N-dealkylation sites (tertiary alicyclic amines) is 1. The second-order valence-corrected chi connectivity index (χ2v) is 5.38. The highest BCUT2D eigenvalue weighted by atomic mass is 15.3. The molecule has 1 fully saturated rings. The first-order chi connectivity index (χ1) is 8.61. The molecule has 5 heteroatoms. The largest absolute Gasteiger partial charge is 0.394 e. The van der Waals surface area contributed by atoms with E-state index in [9.17, 15) is 0 Å². The highest BCUT2D eigenvalue weighted by Crippen LogP contribution is 2.24. The molecular formula is C13H25N5. The molecule has 1 saturated heterocycles. The van der Waals surface area contributed by atoms with Gasteiger partial charge in [-0.25, -0.2) is 0 Å². The monoisotopic (exact) mass is 251 g/mol. The summed E-state index contributed by atoms with van der Waals surface area (Å²) in [6.45, 7) is 5.51. The number of nitrogens with zero attached hydrogens (tertiary/aromatic N) is 3. The van der Waals surface area contributed by atoms with Gasteiger partial charge < -0.3 is 16.0 Å². The van der Waals surface area contributed by atoms with Crippen molar-refractivity contribution in [1.82, 2.24) is 14.7 Å². The number of nitrogens with two attached hydrogens (primary N) is 1. The number of anilines is 2. The number of hydrogen-bond donors (Lipinski definition) is 2. The molecule has 18 heavy (non-hydrogen) atoms. The predicted molar refractivity (Wildman–Crippen MR) is 75.7 cm³/mol. The van der Waals surface area contributed by atoms with Gasteiger partial charge in [0.25, 0.3) is 0 Å². The summed E-state index contributed by atoms with van der Waals surface area (Å²) in [5.41, 5.74) is 7.99. The maximum Gasteiger partial charge on any atom is 0.147 e. The topological polar surface area (TPSA) is 59.1 Å². The second-order valence-electron chi connectivity index (χ2n) is 5.38. The van der Waals surface area contributed by atoms with Crippen molar-refractivity contribution >= 4 is 11.5 Å². The zero-order valence-corrected chi connectivity index (χ0v) is 11.7. The number of aromatic nitrogens is 2. The lowest BCUT2D eigenvalue weighted by molar-refractivity contribution is 0.399. The van der Waals surface area contributed by atoms with Gasteiger partial charge in [-0.2, -0.15) is 5.10 Å². The van der Waals surface area contributed by atoms with E-state index in [1.54, 1.807) is 0 Å². The lowest BCUT2D eigenvalue weighted by atomic mass is 10.1. The van der Waals surface area contributed by atoms with Gasteiger partial charge in [0.1, 0.15) is 5.82 Å². The first-order valence-electron chi connectivity index (χ1n) is 6.85. The van der Waals surface area contributed by atoms with E-state index in [-0.39, 0.29) is 0 Å². The highest BCUT2D eigenvalue weighted by molar-refractivity contribution is 5.65. The van der Waals surface area contributed by atoms with Gasteiger partial charge in [-0.05, 0) is 32.4 Å². The summed E-state index contributed by atoms with van der Waals surface area (Å²) < 4.78 is 1.87. The van der Waals surface area contributed by atoms with Crippen LogP contribution in [0.4, 0.5) is 11.5 Å². The minimum atomic E-state index is 0.721. The average molecular weight is 251 g/mol. The zero-order chi connectivity index (χ0) is 13.1. The summed E-state index contributed by atoms with van der Waals surface area (Å²) in [5.74, 6) is 1.70. The molecule has 5 nitrogen and oxygen atoms in total. The summed E-state index contributed by atoms with van der Waals surface area (Å²) in [7, 11) is 4.14. The van der Waals surface area contributed by atoms with E-state index in [4.69, 9.17) is 5.73 Å². The standard InChI is InChI=1S/C13H25N5/c1-4-5-11-12(14)13(18(3)16-11)15-8-10-6-7-17(2)9-10/h10,15H,4-9,14H2,1-3H3. The summed E-state index contributed by atoms with van der Waals surface area (Å²) in [6.07, 6.45) is 3.30. The molecule has 1 aromatic rings. The van der Waals surface area contributed by atoms with Gasteiger partial charge in [-0.3, -0.25) is 4.68 Å². The van der Waals surface area contributed by atoms with Crippen LogP contribution < -0.4 is 11.1 Å². The molecule has 0 aliphatic carbocycles. The normalized spacial score (nSPS) is 20.5. The molecule has 0 bridgehead atoms. The number of aryl methyl sites for hydroxylation is 2. The molecule has 1 aliphatic heterocycles. The van der Waals surface area contributed by atoms with Crippen LogP contribution in [0.1, 0.15) is 25.5 Å². The van der Waals surface area contributed by atoms with Crippen LogP contribution in [0.5, 0.6) is 0 Å². The van der Waals surface area contributed by atoms with Crippen LogP contribution in [0.3, 0.4) is 0 Å². The summed E-state index contributed by atoms with van der Waals surface area (Å²) >= 11 is 0. The van der Waals surface area contributed by atoms with Crippen LogP contribution in [-0.4, -0.2) is 41.4 Å². The fourth-order valence-corrected chi connectivity index (χ4v) is 2.66. The highest BCUT2D eigenvalue weighted by Gasteiger charge is 2.20. The van der Waals surface area contributed by atoms with Gasteiger partial charge in [0, 0.05) is 20.1 Å². The number of rotatable bonds is 5. The Morgan fingerprint density at radius 2 is 2.22 bits per heavy atom. The molecule has 1 unspecified atom stereocenters. The minimum Gasteiger partial charge on any atom is -0.394 e. The maximum atomic E-state index is 6.15. The van der Waals surface area contributed by atoms with Crippen LogP contribution in [0.2, 0.25) is 0 Å². The van der Waals surface area contributed by atoms with E-state index in [0.717, 1.165) is 42.5 Å². The average Bonchev–Trinajstić information content (AvgIpc) is 2.84. The van der Waals surface area contributed by atoms with E-state index in [0.29, 0.717) is 0 Å². The Bertz CT molecular complexity index is 398. The quantitative estimate of drug-likeness (QED) is 0.828. The fraction of sp³-hybridized carbons (Fsp3) is 0.769. The van der Waals surface area contributed by atoms with Crippen LogP contribution in [0.25, 0.3) is 0 Å². The molecule has 2 rings (SSSR count). The Kier molecular flexibility index (Phi) is 4.11. The van der Waals surface area contributed by atoms with E-state index in [2.05, 4.69) is 29.3 Å². The van der Waals surface area contributed by atoms with Crippen LogP contribution in [0.15, 0.2) is 0 Å². The fourth-order valence-electron chi connectivity index (χ4n) is 2.66. The predicted octanol–water partition coefficient (Wildman–Crippen LogP) is 1.32. The Balaban J connectivity index is 1.96. The summed E-state index contributed by atoms with van der Waals surface area (Å²) in [6, 6.07) is 0. The summed E-state index contributed by atoms with van der Waals surface area (Å²) in [5, 5.41) is 7.95. The van der Waals surface area contributed by atoms with Crippen molar-refractivity contribution in [1.29, 1.82) is 0 Å². The Labute approximate surface area is 109 Å². The Morgan fingerprint density at radius 3 is 2.83 bits per heavy atom. The maximum absolute atomic E-state index is 6.15. The lowest BCUT2D eigenvalue weighted by Gasteiger charge is -2.13. The molecule has 0 spiro atoms. The van der Waals surface area contributed by atoms with Crippen LogP contribution in [0, 0.1) is 5.92 Å². The van der Waals surface area contributed by atoms with Gasteiger partial charge >= 0.3 is 0 Å². The Hall–Kier alpha value is -1.23. The smallest absolute Gasteiger partial charge is 0.147 e. The van der Waals surface area contributed by atoms with E-state index < -0.39 is 0 Å². The molecule has 0 aromatic carbocycles. The Morgan fingerprint density at radius 1 is 1.44 bits per heavy atom. The van der Waals surface area contributed by atoms with E-state index in [1.807, 2.05) is 11.7 Å². The van der Waals surface area contributed by atoms with Crippen molar-refractivity contribution < 1.29 is 0 Å². The number of nitrogen functional groups attached to an aromatic ring is 1. The second kappa shape index (κ2) is 5.61. The molecule has 0 radical (unpaired) electrons. The van der Waals surface area contributed by atoms with Crippen molar-refractivity contribution in [3.05, 3.63) is 5.69 Å². The molecule has 2 heterocycles. The molecule has 0 saturated carbocycles. The van der Waals surface area contributed by atoms with Gasteiger partial charge in [-0.15, -0.1) is 0 Å². The lowest BCUT2D eigenvalue weighted by Crippen LogP contribution is -2.20. The van der Waals surface area contributed by atoms with Crippen LogP contribution >= 0.6 is 0 Å². The third-order valence-corrected chi connectivity index (χ3v) is 3.69. The molecule has 102 valence electrons. The molecule has 1 atom stereocenters. The zero-order valence-electron chi connectivity index (χ0n) is 11.7. The van der Waals surface area contributed by atoms with Crippen molar-refractivity contribution in [2.75, 3.05) is 37.7 Å². The third kappa shape index (κ3) is 2.77.